The van der Waals surface area contributed by atoms with Crippen molar-refractivity contribution in [1.29, 1.82) is 0 Å². The predicted octanol–water partition coefficient (Wildman–Crippen LogP) is 1.88. The summed E-state index contributed by atoms with van der Waals surface area (Å²) in [6.07, 6.45) is 1.57. The van der Waals surface area contributed by atoms with Crippen molar-refractivity contribution in [3.8, 4) is 0 Å². The second-order valence-electron chi connectivity index (χ2n) is 4.62. The Morgan fingerprint density at radius 3 is 3.06 bits per heavy atom. The number of fused-ring (bicyclic) bond motifs is 1. The highest BCUT2D eigenvalue weighted by atomic mass is 19.1. The Labute approximate surface area is 97.9 Å². The maximum atomic E-state index is 13.0. The van der Waals surface area contributed by atoms with Crippen molar-refractivity contribution in [2.24, 2.45) is 5.92 Å². The minimum Gasteiger partial charge on any atom is -0.393 e. The van der Waals surface area contributed by atoms with Gasteiger partial charge in [-0.3, -0.25) is 0 Å². The van der Waals surface area contributed by atoms with Gasteiger partial charge in [0.15, 0.2) is 0 Å². The van der Waals surface area contributed by atoms with E-state index in [4.69, 9.17) is 5.11 Å². The Kier molecular flexibility index (Phi) is 2.48. The van der Waals surface area contributed by atoms with Gasteiger partial charge in [0.2, 0.25) is 5.95 Å². The second kappa shape index (κ2) is 4.00. The van der Waals surface area contributed by atoms with Crippen molar-refractivity contribution in [3.63, 3.8) is 0 Å². The summed E-state index contributed by atoms with van der Waals surface area (Å²) in [6.45, 7) is 0.791. The Balaban J connectivity index is 1.68. The number of nitrogens with zero attached hydrogens (tertiary/aromatic N) is 1. The molecular weight excluding hydrogens is 221 g/mol. The maximum absolute atomic E-state index is 13.0. The average Bonchev–Trinajstić information content (AvgIpc) is 2.64. The molecule has 0 aliphatic heterocycles. The van der Waals surface area contributed by atoms with Gasteiger partial charge in [0.25, 0.3) is 0 Å². The van der Waals surface area contributed by atoms with Gasteiger partial charge in [-0.2, -0.15) is 0 Å². The number of halogens is 1. The molecule has 4 nitrogen and oxygen atoms in total. The zero-order chi connectivity index (χ0) is 11.8. The molecule has 1 aliphatic rings. The van der Waals surface area contributed by atoms with Crippen LogP contribution < -0.4 is 5.32 Å². The molecular formula is C12H14FN3O. The summed E-state index contributed by atoms with van der Waals surface area (Å²) in [6, 6.07) is 4.48. The Bertz CT molecular complexity index is 534. The van der Waals surface area contributed by atoms with Crippen LogP contribution in [0, 0.1) is 11.7 Å². The zero-order valence-electron chi connectivity index (χ0n) is 9.28. The lowest BCUT2D eigenvalue weighted by atomic mass is 9.82. The van der Waals surface area contributed by atoms with E-state index in [-0.39, 0.29) is 11.9 Å². The number of aromatic amines is 1. The summed E-state index contributed by atoms with van der Waals surface area (Å²) in [4.78, 5) is 7.33. The molecule has 1 aromatic heterocycles. The van der Waals surface area contributed by atoms with E-state index >= 15 is 0 Å². The molecule has 0 amide bonds. The fraction of sp³-hybridized carbons (Fsp3) is 0.417. The monoisotopic (exact) mass is 235 g/mol. The molecule has 0 radical (unpaired) electrons. The molecule has 0 spiro atoms. The van der Waals surface area contributed by atoms with E-state index in [9.17, 15) is 4.39 Å². The average molecular weight is 235 g/mol. The van der Waals surface area contributed by atoms with Crippen LogP contribution in [-0.2, 0) is 0 Å². The number of anilines is 1. The molecule has 0 bridgehead atoms. The molecule has 5 heteroatoms. The van der Waals surface area contributed by atoms with Gasteiger partial charge in [0, 0.05) is 6.54 Å². The van der Waals surface area contributed by atoms with Crippen molar-refractivity contribution in [2.75, 3.05) is 11.9 Å². The molecule has 90 valence electrons. The number of aliphatic hydroxyl groups is 1. The third-order valence-corrected chi connectivity index (χ3v) is 3.21. The number of hydrogen-bond acceptors (Lipinski definition) is 3. The molecule has 0 atom stereocenters. The summed E-state index contributed by atoms with van der Waals surface area (Å²) in [5.41, 5.74) is 1.45. The Morgan fingerprint density at radius 1 is 1.47 bits per heavy atom. The first-order chi connectivity index (χ1) is 8.20. The lowest BCUT2D eigenvalue weighted by molar-refractivity contribution is 0.0486. The predicted molar refractivity (Wildman–Crippen MR) is 63.3 cm³/mol. The summed E-state index contributed by atoms with van der Waals surface area (Å²) in [5, 5.41) is 12.3. The van der Waals surface area contributed by atoms with Gasteiger partial charge < -0.3 is 15.4 Å². The van der Waals surface area contributed by atoms with Crippen LogP contribution in [0.5, 0.6) is 0 Å². The van der Waals surface area contributed by atoms with Crippen molar-refractivity contribution in [3.05, 3.63) is 24.0 Å². The molecule has 1 fully saturated rings. The van der Waals surface area contributed by atoms with Crippen molar-refractivity contribution in [1.82, 2.24) is 9.97 Å². The van der Waals surface area contributed by atoms with Gasteiger partial charge in [-0.05, 0) is 37.0 Å². The van der Waals surface area contributed by atoms with Crippen LogP contribution >= 0.6 is 0 Å². The number of hydrogen-bond donors (Lipinski definition) is 3. The number of aromatic nitrogens is 2. The molecule has 17 heavy (non-hydrogen) atoms. The topological polar surface area (TPSA) is 60.9 Å². The summed E-state index contributed by atoms with van der Waals surface area (Å²) < 4.78 is 13.0. The lowest BCUT2D eigenvalue weighted by Gasteiger charge is -2.31. The molecule has 1 aromatic carbocycles. The van der Waals surface area contributed by atoms with E-state index < -0.39 is 0 Å². The van der Waals surface area contributed by atoms with Gasteiger partial charge in [0.05, 0.1) is 17.1 Å². The van der Waals surface area contributed by atoms with Gasteiger partial charge >= 0.3 is 0 Å². The summed E-state index contributed by atoms with van der Waals surface area (Å²) in [5.74, 6) is 0.900. The normalized spacial score (nSPS) is 23.6. The standard InChI is InChI=1S/C12H14FN3O/c13-8-1-2-10-11(5-8)16-12(15-10)14-6-7-3-9(17)4-7/h1-2,5,7,9,17H,3-4,6H2,(H2,14,15,16). The number of aliphatic hydroxyl groups excluding tert-OH is 1. The first-order valence-electron chi connectivity index (χ1n) is 5.78. The third-order valence-electron chi connectivity index (χ3n) is 3.21. The molecule has 2 aromatic rings. The summed E-state index contributed by atoms with van der Waals surface area (Å²) in [7, 11) is 0. The largest absolute Gasteiger partial charge is 0.393 e. The molecule has 1 aliphatic carbocycles. The fourth-order valence-electron chi connectivity index (χ4n) is 2.17. The third kappa shape index (κ3) is 2.10. The second-order valence-corrected chi connectivity index (χ2v) is 4.62. The van der Waals surface area contributed by atoms with Crippen molar-refractivity contribution in [2.45, 2.75) is 18.9 Å². The minimum atomic E-state index is -0.269. The van der Waals surface area contributed by atoms with Gasteiger partial charge in [-0.1, -0.05) is 0 Å². The minimum absolute atomic E-state index is 0.133. The Hall–Kier alpha value is -1.62. The molecule has 1 saturated carbocycles. The number of imidazole rings is 1. The maximum Gasteiger partial charge on any atom is 0.201 e. The number of rotatable bonds is 3. The van der Waals surface area contributed by atoms with Gasteiger partial charge in [0.1, 0.15) is 5.82 Å². The van der Waals surface area contributed by atoms with Crippen LogP contribution in [0.3, 0.4) is 0 Å². The first-order valence-corrected chi connectivity index (χ1v) is 5.78. The van der Waals surface area contributed by atoms with E-state index in [1.54, 1.807) is 6.07 Å². The molecule has 3 rings (SSSR count). The van der Waals surface area contributed by atoms with Crippen LogP contribution in [0.1, 0.15) is 12.8 Å². The molecule has 0 saturated heterocycles. The molecule has 0 unspecified atom stereocenters. The molecule has 3 N–H and O–H groups in total. The highest BCUT2D eigenvalue weighted by molar-refractivity contribution is 5.77. The smallest absolute Gasteiger partial charge is 0.201 e. The van der Waals surface area contributed by atoms with Gasteiger partial charge in [-0.25, -0.2) is 9.37 Å². The first kappa shape index (κ1) is 10.5. The Morgan fingerprint density at radius 2 is 2.29 bits per heavy atom. The van der Waals surface area contributed by atoms with Crippen LogP contribution in [-0.4, -0.2) is 27.7 Å². The number of benzene rings is 1. The summed E-state index contributed by atoms with van der Waals surface area (Å²) >= 11 is 0. The quantitative estimate of drug-likeness (QED) is 0.761. The van der Waals surface area contributed by atoms with E-state index in [2.05, 4.69) is 15.3 Å². The van der Waals surface area contributed by atoms with Crippen LogP contribution in [0.2, 0.25) is 0 Å². The SMILES string of the molecule is OC1CC(CNc2nc3ccc(F)cc3[nH]2)C1. The van der Waals surface area contributed by atoms with E-state index in [0.717, 1.165) is 24.9 Å². The molecule has 1 heterocycles. The highest BCUT2D eigenvalue weighted by Gasteiger charge is 2.26. The van der Waals surface area contributed by atoms with Gasteiger partial charge in [-0.15, -0.1) is 0 Å². The van der Waals surface area contributed by atoms with Crippen LogP contribution in [0.25, 0.3) is 11.0 Å². The lowest BCUT2D eigenvalue weighted by Crippen LogP contribution is -2.33. The van der Waals surface area contributed by atoms with E-state index in [1.165, 1.54) is 12.1 Å². The van der Waals surface area contributed by atoms with Crippen molar-refractivity contribution >= 4 is 17.0 Å². The number of nitrogens with one attached hydrogen (secondary N) is 2. The van der Waals surface area contributed by atoms with Crippen molar-refractivity contribution < 1.29 is 9.50 Å². The number of H-pyrrole nitrogens is 1. The van der Waals surface area contributed by atoms with Crippen LogP contribution in [0.15, 0.2) is 18.2 Å². The zero-order valence-corrected chi connectivity index (χ0v) is 9.28. The van der Waals surface area contributed by atoms with E-state index in [0.29, 0.717) is 17.4 Å². The van der Waals surface area contributed by atoms with Crippen LogP contribution in [0.4, 0.5) is 10.3 Å². The van der Waals surface area contributed by atoms with E-state index in [1.807, 2.05) is 0 Å². The fourth-order valence-corrected chi connectivity index (χ4v) is 2.17. The highest BCUT2D eigenvalue weighted by Crippen LogP contribution is 2.27.